The summed E-state index contributed by atoms with van der Waals surface area (Å²) in [6.45, 7) is 4.04. The van der Waals surface area contributed by atoms with Crippen molar-refractivity contribution < 1.29 is 4.39 Å². The SMILES string of the molecule is Cc1c(-c2ccccc2F)cnn1C1CCCNC1. The van der Waals surface area contributed by atoms with E-state index in [1.807, 2.05) is 23.7 Å². The van der Waals surface area contributed by atoms with Gasteiger partial charge in [-0.3, -0.25) is 4.68 Å². The van der Waals surface area contributed by atoms with Crippen LogP contribution in [0.4, 0.5) is 4.39 Å². The Morgan fingerprint density at radius 3 is 2.89 bits per heavy atom. The fourth-order valence-corrected chi connectivity index (χ4v) is 2.78. The lowest BCUT2D eigenvalue weighted by Gasteiger charge is -2.24. The second-order valence-corrected chi connectivity index (χ2v) is 5.07. The van der Waals surface area contributed by atoms with Crippen LogP contribution in [-0.4, -0.2) is 22.9 Å². The molecule has 3 rings (SSSR count). The van der Waals surface area contributed by atoms with Gasteiger partial charge >= 0.3 is 0 Å². The average molecular weight is 259 g/mol. The van der Waals surface area contributed by atoms with Crippen LogP contribution < -0.4 is 5.32 Å². The standard InChI is InChI=1S/C15H18FN3/c1-11-14(13-6-2-3-7-15(13)16)10-18-19(11)12-5-4-8-17-9-12/h2-3,6-7,10,12,17H,4-5,8-9H2,1H3. The minimum atomic E-state index is -0.188. The Hall–Kier alpha value is -1.68. The molecule has 1 aromatic carbocycles. The number of halogens is 1. The molecule has 0 amide bonds. The Morgan fingerprint density at radius 2 is 2.16 bits per heavy atom. The molecule has 19 heavy (non-hydrogen) atoms. The van der Waals surface area contributed by atoms with Crippen molar-refractivity contribution in [1.82, 2.24) is 15.1 Å². The number of nitrogens with zero attached hydrogens (tertiary/aromatic N) is 2. The zero-order chi connectivity index (χ0) is 13.2. The first-order valence-electron chi connectivity index (χ1n) is 6.77. The van der Waals surface area contributed by atoms with E-state index in [1.54, 1.807) is 12.3 Å². The van der Waals surface area contributed by atoms with E-state index in [1.165, 1.54) is 12.5 Å². The third-order valence-corrected chi connectivity index (χ3v) is 3.83. The van der Waals surface area contributed by atoms with Crippen molar-refractivity contribution in [2.75, 3.05) is 13.1 Å². The summed E-state index contributed by atoms with van der Waals surface area (Å²) in [6.07, 6.45) is 4.08. The van der Waals surface area contributed by atoms with Crippen LogP contribution in [0.3, 0.4) is 0 Å². The van der Waals surface area contributed by atoms with Gasteiger partial charge in [0.1, 0.15) is 5.82 Å². The van der Waals surface area contributed by atoms with E-state index in [-0.39, 0.29) is 5.82 Å². The molecule has 100 valence electrons. The molecule has 0 aliphatic carbocycles. The predicted molar refractivity (Wildman–Crippen MR) is 73.5 cm³/mol. The van der Waals surface area contributed by atoms with E-state index < -0.39 is 0 Å². The van der Waals surface area contributed by atoms with Gasteiger partial charge in [0.25, 0.3) is 0 Å². The van der Waals surface area contributed by atoms with Crippen molar-refractivity contribution in [3.63, 3.8) is 0 Å². The van der Waals surface area contributed by atoms with Crippen molar-refractivity contribution >= 4 is 0 Å². The minimum Gasteiger partial charge on any atom is -0.315 e. The third kappa shape index (κ3) is 2.28. The van der Waals surface area contributed by atoms with Crippen LogP contribution in [0.25, 0.3) is 11.1 Å². The minimum absolute atomic E-state index is 0.188. The molecule has 0 spiro atoms. The maximum absolute atomic E-state index is 13.9. The normalized spacial score (nSPS) is 19.6. The maximum Gasteiger partial charge on any atom is 0.131 e. The first-order chi connectivity index (χ1) is 9.27. The lowest BCUT2D eigenvalue weighted by Crippen LogP contribution is -2.32. The van der Waals surface area contributed by atoms with E-state index >= 15 is 0 Å². The summed E-state index contributed by atoms with van der Waals surface area (Å²) >= 11 is 0. The zero-order valence-electron chi connectivity index (χ0n) is 11.1. The molecule has 0 radical (unpaired) electrons. The molecular formula is C15H18FN3. The molecule has 1 aliphatic rings. The average Bonchev–Trinajstić information content (AvgIpc) is 2.82. The quantitative estimate of drug-likeness (QED) is 0.898. The number of aromatic nitrogens is 2. The molecule has 1 N–H and O–H groups in total. The summed E-state index contributed by atoms with van der Waals surface area (Å²) in [7, 11) is 0. The molecule has 1 aromatic heterocycles. The number of nitrogens with one attached hydrogen (secondary N) is 1. The summed E-state index contributed by atoms with van der Waals surface area (Å²) in [5.74, 6) is -0.188. The van der Waals surface area contributed by atoms with Crippen molar-refractivity contribution in [3.8, 4) is 11.1 Å². The van der Waals surface area contributed by atoms with Gasteiger partial charge in [0.05, 0.1) is 12.2 Å². The van der Waals surface area contributed by atoms with Gasteiger partial charge in [-0.05, 0) is 32.4 Å². The molecule has 0 saturated carbocycles. The van der Waals surface area contributed by atoms with E-state index in [0.29, 0.717) is 11.6 Å². The van der Waals surface area contributed by atoms with Gasteiger partial charge in [0.2, 0.25) is 0 Å². The van der Waals surface area contributed by atoms with Crippen LogP contribution in [0.5, 0.6) is 0 Å². The smallest absolute Gasteiger partial charge is 0.131 e. The van der Waals surface area contributed by atoms with Crippen LogP contribution in [0.2, 0.25) is 0 Å². The molecule has 1 aliphatic heterocycles. The largest absolute Gasteiger partial charge is 0.315 e. The van der Waals surface area contributed by atoms with E-state index in [9.17, 15) is 4.39 Å². The van der Waals surface area contributed by atoms with Crippen molar-refractivity contribution in [2.24, 2.45) is 0 Å². The summed E-state index contributed by atoms with van der Waals surface area (Å²) in [5, 5.41) is 7.85. The molecule has 1 atom stereocenters. The lowest BCUT2D eigenvalue weighted by molar-refractivity contribution is 0.342. The molecule has 3 nitrogen and oxygen atoms in total. The van der Waals surface area contributed by atoms with Gasteiger partial charge in [-0.25, -0.2) is 4.39 Å². The monoisotopic (exact) mass is 259 g/mol. The Morgan fingerprint density at radius 1 is 1.32 bits per heavy atom. The Balaban J connectivity index is 1.97. The van der Waals surface area contributed by atoms with Gasteiger partial charge in [0.15, 0.2) is 0 Å². The number of hydrogen-bond acceptors (Lipinski definition) is 2. The van der Waals surface area contributed by atoms with Crippen LogP contribution in [-0.2, 0) is 0 Å². The van der Waals surface area contributed by atoms with Crippen molar-refractivity contribution in [2.45, 2.75) is 25.8 Å². The summed E-state index contributed by atoms with van der Waals surface area (Å²) in [6, 6.07) is 7.26. The maximum atomic E-state index is 13.9. The second kappa shape index (κ2) is 5.13. The number of hydrogen-bond donors (Lipinski definition) is 1. The lowest BCUT2D eigenvalue weighted by atomic mass is 10.0. The summed E-state index contributed by atoms with van der Waals surface area (Å²) in [4.78, 5) is 0. The fraction of sp³-hybridized carbons (Fsp3) is 0.400. The Labute approximate surface area is 112 Å². The molecule has 0 bridgehead atoms. The van der Waals surface area contributed by atoms with Gasteiger partial charge in [-0.1, -0.05) is 18.2 Å². The highest BCUT2D eigenvalue weighted by molar-refractivity contribution is 5.65. The van der Waals surface area contributed by atoms with Crippen molar-refractivity contribution in [3.05, 3.63) is 42.0 Å². The molecule has 2 heterocycles. The van der Waals surface area contributed by atoms with Gasteiger partial charge in [0, 0.05) is 23.4 Å². The van der Waals surface area contributed by atoms with Crippen LogP contribution in [0.15, 0.2) is 30.5 Å². The number of piperidine rings is 1. The molecule has 1 fully saturated rings. The fourth-order valence-electron chi connectivity index (χ4n) is 2.78. The highest BCUT2D eigenvalue weighted by atomic mass is 19.1. The van der Waals surface area contributed by atoms with E-state index in [0.717, 1.165) is 30.8 Å². The van der Waals surface area contributed by atoms with Crippen LogP contribution in [0.1, 0.15) is 24.6 Å². The zero-order valence-corrected chi connectivity index (χ0v) is 11.1. The first kappa shape index (κ1) is 12.4. The van der Waals surface area contributed by atoms with Crippen molar-refractivity contribution in [1.29, 1.82) is 0 Å². The molecule has 2 aromatic rings. The number of rotatable bonds is 2. The molecule has 1 saturated heterocycles. The molecule has 4 heteroatoms. The first-order valence-corrected chi connectivity index (χ1v) is 6.77. The summed E-state index contributed by atoms with van der Waals surface area (Å²) < 4.78 is 15.9. The van der Waals surface area contributed by atoms with Crippen LogP contribution >= 0.6 is 0 Å². The Kier molecular flexibility index (Phi) is 3.34. The highest BCUT2D eigenvalue weighted by Crippen LogP contribution is 2.28. The van der Waals surface area contributed by atoms with Gasteiger partial charge in [-0.15, -0.1) is 0 Å². The van der Waals surface area contributed by atoms with Gasteiger partial charge < -0.3 is 5.32 Å². The Bertz CT molecular complexity index is 571. The van der Waals surface area contributed by atoms with E-state index in [4.69, 9.17) is 0 Å². The third-order valence-electron chi connectivity index (χ3n) is 3.83. The van der Waals surface area contributed by atoms with Crippen LogP contribution in [0, 0.1) is 12.7 Å². The topological polar surface area (TPSA) is 29.9 Å². The molecule has 1 unspecified atom stereocenters. The highest BCUT2D eigenvalue weighted by Gasteiger charge is 2.20. The summed E-state index contributed by atoms with van der Waals surface area (Å²) in [5.41, 5.74) is 2.57. The predicted octanol–water partition coefficient (Wildman–Crippen LogP) is 2.92. The molecular weight excluding hydrogens is 241 g/mol. The van der Waals surface area contributed by atoms with E-state index in [2.05, 4.69) is 10.4 Å². The number of benzene rings is 1. The second-order valence-electron chi connectivity index (χ2n) is 5.07. The van der Waals surface area contributed by atoms with Gasteiger partial charge in [-0.2, -0.15) is 5.10 Å².